The zero-order chi connectivity index (χ0) is 13.0. The van der Waals surface area contributed by atoms with Crippen LogP contribution in [0, 0.1) is 5.92 Å². The van der Waals surface area contributed by atoms with Gasteiger partial charge in [0.2, 0.25) is 11.8 Å². The normalized spacial score (nSPS) is 25.6. The van der Waals surface area contributed by atoms with Crippen LogP contribution in [-0.2, 0) is 9.59 Å². The first-order valence-corrected chi connectivity index (χ1v) is 7.00. The minimum atomic E-state index is -0.0162. The van der Waals surface area contributed by atoms with E-state index >= 15 is 0 Å². The van der Waals surface area contributed by atoms with Crippen molar-refractivity contribution < 1.29 is 9.59 Å². The van der Waals surface area contributed by atoms with Crippen molar-refractivity contribution in [2.75, 3.05) is 26.2 Å². The van der Waals surface area contributed by atoms with Crippen LogP contribution in [-0.4, -0.2) is 48.9 Å². The molecule has 0 aromatic heterocycles. The molecule has 102 valence electrons. The minimum Gasteiger partial charge on any atom is -0.355 e. The van der Waals surface area contributed by atoms with Crippen LogP contribution in [0.5, 0.6) is 0 Å². The largest absolute Gasteiger partial charge is 0.355 e. The monoisotopic (exact) mass is 253 g/mol. The van der Waals surface area contributed by atoms with Crippen LogP contribution < -0.4 is 10.6 Å². The molecule has 0 aromatic carbocycles. The second kappa shape index (κ2) is 6.18. The molecule has 0 spiro atoms. The maximum absolute atomic E-state index is 12.5. The smallest absolute Gasteiger partial charge is 0.227 e. The first-order chi connectivity index (χ1) is 8.72. The summed E-state index contributed by atoms with van der Waals surface area (Å²) < 4.78 is 0. The molecule has 1 unspecified atom stereocenters. The summed E-state index contributed by atoms with van der Waals surface area (Å²) in [5.74, 6) is 0.283. The lowest BCUT2D eigenvalue weighted by Crippen LogP contribution is -2.51. The summed E-state index contributed by atoms with van der Waals surface area (Å²) in [4.78, 5) is 25.6. The van der Waals surface area contributed by atoms with E-state index in [4.69, 9.17) is 0 Å². The maximum Gasteiger partial charge on any atom is 0.227 e. The molecule has 0 aliphatic carbocycles. The molecule has 2 aliphatic rings. The molecule has 1 atom stereocenters. The Morgan fingerprint density at radius 1 is 1.33 bits per heavy atom. The predicted octanol–water partition coefficient (Wildman–Crippen LogP) is 0.113. The van der Waals surface area contributed by atoms with Crippen molar-refractivity contribution >= 4 is 11.8 Å². The van der Waals surface area contributed by atoms with E-state index in [-0.39, 0.29) is 17.7 Å². The second-order valence-corrected chi connectivity index (χ2v) is 5.15. The Balaban J connectivity index is 1.94. The summed E-state index contributed by atoms with van der Waals surface area (Å²) in [5.41, 5.74) is 0. The number of nitrogens with zero attached hydrogens (tertiary/aromatic N) is 1. The molecule has 2 aliphatic heterocycles. The summed E-state index contributed by atoms with van der Waals surface area (Å²) in [7, 11) is 0. The van der Waals surface area contributed by atoms with E-state index in [9.17, 15) is 9.59 Å². The number of carbonyl (C=O) groups is 2. The van der Waals surface area contributed by atoms with Crippen LogP contribution in [0.1, 0.15) is 32.6 Å². The van der Waals surface area contributed by atoms with E-state index in [0.29, 0.717) is 25.4 Å². The Kier molecular flexibility index (Phi) is 4.58. The number of hydrogen-bond donors (Lipinski definition) is 2. The van der Waals surface area contributed by atoms with Crippen molar-refractivity contribution in [2.24, 2.45) is 5.92 Å². The third-order valence-electron chi connectivity index (χ3n) is 3.99. The van der Waals surface area contributed by atoms with Gasteiger partial charge >= 0.3 is 0 Å². The Labute approximate surface area is 108 Å². The van der Waals surface area contributed by atoms with Gasteiger partial charge in [0.25, 0.3) is 0 Å². The maximum atomic E-state index is 12.5. The zero-order valence-electron chi connectivity index (χ0n) is 11.1. The third kappa shape index (κ3) is 3.02. The van der Waals surface area contributed by atoms with E-state index in [1.165, 1.54) is 0 Å². The van der Waals surface area contributed by atoms with Crippen molar-refractivity contribution in [3.8, 4) is 0 Å². The fourth-order valence-electron chi connectivity index (χ4n) is 2.89. The highest BCUT2D eigenvalue weighted by Gasteiger charge is 2.31. The molecule has 2 saturated heterocycles. The van der Waals surface area contributed by atoms with Gasteiger partial charge in [-0.25, -0.2) is 0 Å². The molecule has 2 rings (SSSR count). The summed E-state index contributed by atoms with van der Waals surface area (Å²) >= 11 is 0. The van der Waals surface area contributed by atoms with Gasteiger partial charge in [0.15, 0.2) is 0 Å². The van der Waals surface area contributed by atoms with Crippen molar-refractivity contribution in [3.05, 3.63) is 0 Å². The van der Waals surface area contributed by atoms with Gasteiger partial charge in [-0.3, -0.25) is 9.59 Å². The lowest BCUT2D eigenvalue weighted by atomic mass is 9.95. The average Bonchev–Trinajstić information content (AvgIpc) is 2.41. The van der Waals surface area contributed by atoms with Gasteiger partial charge in [-0.15, -0.1) is 0 Å². The molecule has 2 fully saturated rings. The predicted molar refractivity (Wildman–Crippen MR) is 69.0 cm³/mol. The molecule has 5 heteroatoms. The minimum absolute atomic E-state index is 0.0162. The Hall–Kier alpha value is -1.10. The van der Waals surface area contributed by atoms with Crippen LogP contribution in [0.15, 0.2) is 0 Å². The molecule has 0 bridgehead atoms. The lowest BCUT2D eigenvalue weighted by Gasteiger charge is -2.37. The van der Waals surface area contributed by atoms with Gasteiger partial charge in [0, 0.05) is 25.6 Å². The average molecular weight is 253 g/mol. The number of carbonyl (C=O) groups excluding carboxylic acids is 2. The number of rotatable bonds is 3. The van der Waals surface area contributed by atoms with E-state index < -0.39 is 0 Å². The molecule has 18 heavy (non-hydrogen) atoms. The fourth-order valence-corrected chi connectivity index (χ4v) is 2.89. The van der Waals surface area contributed by atoms with Gasteiger partial charge < -0.3 is 15.5 Å². The summed E-state index contributed by atoms with van der Waals surface area (Å²) in [6, 6.07) is 0.376. The number of hydrogen-bond acceptors (Lipinski definition) is 3. The van der Waals surface area contributed by atoms with Crippen molar-refractivity contribution in [1.82, 2.24) is 15.5 Å². The van der Waals surface area contributed by atoms with Crippen LogP contribution >= 0.6 is 0 Å². The standard InChI is InChI=1S/C13H23N3O2/c1-2-16(11-5-7-14-8-6-11)13(18)10-3-4-12(17)15-9-10/h10-11,14H,2-9H2,1H3,(H,15,17). The van der Waals surface area contributed by atoms with Crippen molar-refractivity contribution in [3.63, 3.8) is 0 Å². The zero-order valence-corrected chi connectivity index (χ0v) is 11.1. The highest BCUT2D eigenvalue weighted by atomic mass is 16.2. The van der Waals surface area contributed by atoms with Crippen molar-refractivity contribution in [1.29, 1.82) is 0 Å². The van der Waals surface area contributed by atoms with E-state index in [0.717, 1.165) is 32.5 Å². The van der Waals surface area contributed by atoms with Crippen LogP contribution in [0.3, 0.4) is 0 Å². The molecule has 0 radical (unpaired) electrons. The highest BCUT2D eigenvalue weighted by molar-refractivity contribution is 5.84. The van der Waals surface area contributed by atoms with Gasteiger partial charge in [-0.2, -0.15) is 0 Å². The summed E-state index contributed by atoms with van der Waals surface area (Å²) in [6.45, 7) is 5.32. The number of amides is 2. The Bertz CT molecular complexity index is 303. The highest BCUT2D eigenvalue weighted by Crippen LogP contribution is 2.19. The molecule has 2 N–H and O–H groups in total. The van der Waals surface area contributed by atoms with E-state index in [1.54, 1.807) is 0 Å². The van der Waals surface area contributed by atoms with E-state index in [1.807, 2.05) is 11.8 Å². The second-order valence-electron chi connectivity index (χ2n) is 5.15. The Morgan fingerprint density at radius 2 is 2.06 bits per heavy atom. The number of piperidine rings is 2. The van der Waals surface area contributed by atoms with E-state index in [2.05, 4.69) is 10.6 Å². The molecule has 0 aromatic rings. The van der Waals surface area contributed by atoms with Crippen molar-refractivity contribution in [2.45, 2.75) is 38.6 Å². The molecular formula is C13H23N3O2. The molecule has 2 heterocycles. The van der Waals surface area contributed by atoms with Crippen LogP contribution in [0.25, 0.3) is 0 Å². The quantitative estimate of drug-likeness (QED) is 0.750. The molecule has 2 amide bonds. The summed E-state index contributed by atoms with van der Waals surface area (Å²) in [6.07, 6.45) is 3.27. The topological polar surface area (TPSA) is 61.4 Å². The van der Waals surface area contributed by atoms with Crippen LogP contribution in [0.4, 0.5) is 0 Å². The third-order valence-corrected chi connectivity index (χ3v) is 3.99. The van der Waals surface area contributed by atoms with Crippen LogP contribution in [0.2, 0.25) is 0 Å². The number of nitrogens with one attached hydrogen (secondary N) is 2. The molecular weight excluding hydrogens is 230 g/mol. The SMILES string of the molecule is CCN(C(=O)C1CCC(=O)NC1)C1CCNCC1. The van der Waals surface area contributed by atoms with Gasteiger partial charge in [0.1, 0.15) is 0 Å². The molecule has 5 nitrogen and oxygen atoms in total. The van der Waals surface area contributed by atoms with Gasteiger partial charge in [-0.05, 0) is 39.3 Å². The Morgan fingerprint density at radius 3 is 2.61 bits per heavy atom. The first-order valence-electron chi connectivity index (χ1n) is 7.00. The molecule has 0 saturated carbocycles. The first kappa shape index (κ1) is 13.3. The fraction of sp³-hybridized carbons (Fsp3) is 0.846. The van der Waals surface area contributed by atoms with Gasteiger partial charge in [0.05, 0.1) is 5.92 Å². The summed E-state index contributed by atoms with van der Waals surface area (Å²) in [5, 5.41) is 6.12. The van der Waals surface area contributed by atoms with Gasteiger partial charge in [-0.1, -0.05) is 0 Å². The lowest BCUT2D eigenvalue weighted by molar-refractivity contribution is -0.140.